The van der Waals surface area contributed by atoms with E-state index in [4.69, 9.17) is 16.5 Å². The van der Waals surface area contributed by atoms with Gasteiger partial charge >= 0.3 is 0 Å². The van der Waals surface area contributed by atoms with Gasteiger partial charge in [0.15, 0.2) is 0 Å². The smallest absolute Gasteiger partial charge is 0.220 e. The van der Waals surface area contributed by atoms with Crippen LogP contribution in [0.1, 0.15) is 37.7 Å². The minimum absolute atomic E-state index is 0.288. The van der Waals surface area contributed by atoms with Gasteiger partial charge in [0.05, 0.1) is 0 Å². The van der Waals surface area contributed by atoms with Crippen LogP contribution in [0.2, 0.25) is 0 Å². The van der Waals surface area contributed by atoms with Crippen LogP contribution in [0.25, 0.3) is 11.1 Å². The van der Waals surface area contributed by atoms with Crippen molar-refractivity contribution < 1.29 is 0 Å². The van der Waals surface area contributed by atoms with Gasteiger partial charge in [0.25, 0.3) is 0 Å². The number of aliphatic imine (C=N–C) groups is 2. The summed E-state index contributed by atoms with van der Waals surface area (Å²) in [5.74, 6) is 0.719. The third-order valence-corrected chi connectivity index (χ3v) is 5.41. The zero-order chi connectivity index (χ0) is 18.1. The molecule has 5 heteroatoms. The van der Waals surface area contributed by atoms with E-state index in [0.717, 1.165) is 31.4 Å². The number of hydrogen-bond acceptors (Lipinski definition) is 5. The molecule has 4 rings (SSSR count). The second kappa shape index (κ2) is 6.48. The average Bonchev–Trinajstić information content (AvgIpc) is 2.62. The van der Waals surface area contributed by atoms with Crippen LogP contribution < -0.4 is 16.4 Å². The zero-order valence-corrected chi connectivity index (χ0v) is 15.2. The summed E-state index contributed by atoms with van der Waals surface area (Å²) in [5.41, 5.74) is 16.6. The molecular formula is C21H25N5. The Morgan fingerprint density at radius 3 is 2.50 bits per heavy atom. The molecule has 1 fully saturated rings. The van der Waals surface area contributed by atoms with Crippen LogP contribution in [-0.4, -0.2) is 17.6 Å². The molecule has 4 N–H and O–H groups in total. The lowest BCUT2D eigenvalue weighted by Gasteiger charge is -2.45. The predicted molar refractivity (Wildman–Crippen MR) is 108 cm³/mol. The van der Waals surface area contributed by atoms with E-state index in [-0.39, 0.29) is 5.96 Å². The fourth-order valence-corrected chi connectivity index (χ4v) is 4.20. The molecule has 1 heterocycles. The number of nitrogens with zero attached hydrogens (tertiary/aromatic N) is 3. The van der Waals surface area contributed by atoms with E-state index < -0.39 is 5.66 Å². The first kappa shape index (κ1) is 16.6. The van der Waals surface area contributed by atoms with Gasteiger partial charge in [0.2, 0.25) is 11.9 Å². The van der Waals surface area contributed by atoms with E-state index in [1.807, 2.05) is 0 Å². The van der Waals surface area contributed by atoms with Gasteiger partial charge in [-0.1, -0.05) is 42.8 Å². The summed E-state index contributed by atoms with van der Waals surface area (Å²) in [5, 5.41) is 0. The molecule has 0 amide bonds. The highest BCUT2D eigenvalue weighted by Gasteiger charge is 2.42. The molecule has 0 bridgehead atoms. The molecule has 0 aromatic heterocycles. The molecule has 1 aliphatic carbocycles. The summed E-state index contributed by atoms with van der Waals surface area (Å²) in [7, 11) is 0. The molecule has 0 unspecified atom stereocenters. The van der Waals surface area contributed by atoms with Gasteiger partial charge in [0, 0.05) is 5.69 Å². The molecule has 0 radical (unpaired) electrons. The van der Waals surface area contributed by atoms with Crippen LogP contribution in [0.3, 0.4) is 0 Å². The Morgan fingerprint density at radius 1 is 0.962 bits per heavy atom. The molecule has 26 heavy (non-hydrogen) atoms. The lowest BCUT2D eigenvalue weighted by atomic mass is 9.87. The first-order valence-corrected chi connectivity index (χ1v) is 9.25. The zero-order valence-electron chi connectivity index (χ0n) is 15.2. The number of rotatable bonds is 2. The van der Waals surface area contributed by atoms with Gasteiger partial charge in [-0.05, 0) is 61.4 Å². The Labute approximate surface area is 154 Å². The van der Waals surface area contributed by atoms with Crippen LogP contribution in [0, 0.1) is 6.92 Å². The molecule has 2 aromatic rings. The number of guanidine groups is 2. The van der Waals surface area contributed by atoms with E-state index in [0.29, 0.717) is 5.96 Å². The number of aryl methyl sites for hydroxylation is 1. The summed E-state index contributed by atoms with van der Waals surface area (Å²) in [6, 6.07) is 16.9. The first-order valence-electron chi connectivity index (χ1n) is 9.25. The lowest BCUT2D eigenvalue weighted by Crippen LogP contribution is -2.58. The van der Waals surface area contributed by atoms with Gasteiger partial charge < -0.3 is 11.5 Å². The van der Waals surface area contributed by atoms with Crippen molar-refractivity contribution in [2.45, 2.75) is 44.7 Å². The largest absolute Gasteiger partial charge is 0.369 e. The van der Waals surface area contributed by atoms with Crippen molar-refractivity contribution in [1.82, 2.24) is 0 Å². The van der Waals surface area contributed by atoms with Crippen molar-refractivity contribution in [2.24, 2.45) is 21.5 Å². The number of nitrogens with two attached hydrogens (primary N) is 2. The van der Waals surface area contributed by atoms with Gasteiger partial charge in [-0.25, -0.2) is 4.99 Å². The molecule has 0 saturated heterocycles. The van der Waals surface area contributed by atoms with Crippen LogP contribution in [0.4, 0.5) is 5.69 Å². The number of hydrogen-bond donors (Lipinski definition) is 2. The van der Waals surface area contributed by atoms with Crippen molar-refractivity contribution in [3.05, 3.63) is 54.1 Å². The van der Waals surface area contributed by atoms with Crippen molar-refractivity contribution in [3.8, 4) is 11.1 Å². The SMILES string of the molecule is Cc1ccccc1-c1cccc(N2C(N)=NC(N)=NC23CCCCC3)c1. The monoisotopic (exact) mass is 347 g/mol. The summed E-state index contributed by atoms with van der Waals surface area (Å²) in [6.07, 6.45) is 5.36. The highest BCUT2D eigenvalue weighted by molar-refractivity contribution is 6.05. The fourth-order valence-electron chi connectivity index (χ4n) is 4.20. The van der Waals surface area contributed by atoms with Gasteiger partial charge in [-0.15, -0.1) is 0 Å². The highest BCUT2D eigenvalue weighted by Crippen LogP contribution is 2.40. The third-order valence-electron chi connectivity index (χ3n) is 5.41. The molecule has 134 valence electrons. The first-order chi connectivity index (χ1) is 12.6. The molecule has 2 aromatic carbocycles. The summed E-state index contributed by atoms with van der Waals surface area (Å²) in [6.45, 7) is 2.13. The maximum absolute atomic E-state index is 6.34. The maximum Gasteiger partial charge on any atom is 0.220 e. The van der Waals surface area contributed by atoms with Crippen molar-refractivity contribution >= 4 is 17.6 Å². The quantitative estimate of drug-likeness (QED) is 0.868. The molecule has 5 nitrogen and oxygen atoms in total. The second-order valence-electron chi connectivity index (χ2n) is 7.18. The Kier molecular flexibility index (Phi) is 4.15. The Bertz CT molecular complexity index is 877. The van der Waals surface area contributed by atoms with Crippen molar-refractivity contribution in [1.29, 1.82) is 0 Å². The van der Waals surface area contributed by atoms with E-state index in [1.165, 1.54) is 23.1 Å². The molecular weight excluding hydrogens is 322 g/mol. The summed E-state index contributed by atoms with van der Waals surface area (Å²) in [4.78, 5) is 11.1. The highest BCUT2D eigenvalue weighted by atomic mass is 15.4. The van der Waals surface area contributed by atoms with Crippen LogP contribution in [0.15, 0.2) is 58.5 Å². The van der Waals surface area contributed by atoms with E-state index in [9.17, 15) is 0 Å². The Balaban J connectivity index is 1.80. The third kappa shape index (κ3) is 2.83. The Hall–Kier alpha value is -2.82. The molecule has 1 saturated carbocycles. The summed E-state index contributed by atoms with van der Waals surface area (Å²) < 4.78 is 0. The normalized spacial score (nSPS) is 19.2. The fraction of sp³-hybridized carbons (Fsp3) is 0.333. The average molecular weight is 347 g/mol. The van der Waals surface area contributed by atoms with E-state index in [2.05, 4.69) is 65.3 Å². The van der Waals surface area contributed by atoms with Gasteiger partial charge in [-0.3, -0.25) is 4.90 Å². The van der Waals surface area contributed by atoms with Crippen LogP contribution in [-0.2, 0) is 0 Å². The molecule has 2 aliphatic rings. The second-order valence-corrected chi connectivity index (χ2v) is 7.18. The maximum atomic E-state index is 6.34. The predicted octanol–water partition coefficient (Wildman–Crippen LogP) is 3.77. The van der Waals surface area contributed by atoms with Crippen LogP contribution >= 0.6 is 0 Å². The van der Waals surface area contributed by atoms with Crippen molar-refractivity contribution in [2.75, 3.05) is 4.90 Å². The molecule has 0 atom stereocenters. The van der Waals surface area contributed by atoms with Gasteiger partial charge in [0.1, 0.15) is 5.66 Å². The lowest BCUT2D eigenvalue weighted by molar-refractivity contribution is 0.305. The number of anilines is 1. The Morgan fingerprint density at radius 2 is 1.73 bits per heavy atom. The molecule has 1 spiro atoms. The minimum Gasteiger partial charge on any atom is -0.369 e. The molecule has 1 aliphatic heterocycles. The van der Waals surface area contributed by atoms with E-state index in [1.54, 1.807) is 0 Å². The van der Waals surface area contributed by atoms with Crippen molar-refractivity contribution in [3.63, 3.8) is 0 Å². The van der Waals surface area contributed by atoms with Crippen LogP contribution in [0.5, 0.6) is 0 Å². The number of benzene rings is 2. The minimum atomic E-state index is -0.404. The van der Waals surface area contributed by atoms with Gasteiger partial charge in [-0.2, -0.15) is 4.99 Å². The standard InChI is InChI=1S/C21H25N5/c1-15-8-3-4-11-18(15)16-9-7-10-17(14-16)26-20(23)24-19(22)25-21(26)12-5-2-6-13-21/h3-4,7-11,14H,2,5-6,12-13H2,1H3,(H4,22,23,24,25). The van der Waals surface area contributed by atoms with E-state index >= 15 is 0 Å². The topological polar surface area (TPSA) is 80.0 Å². The summed E-state index contributed by atoms with van der Waals surface area (Å²) >= 11 is 0.